The second-order valence-corrected chi connectivity index (χ2v) is 6.30. The van der Waals surface area contributed by atoms with Crippen LogP contribution in [0.4, 0.5) is 0 Å². The molecule has 4 rings (SSSR count). The van der Waals surface area contributed by atoms with Crippen LogP contribution in [0.2, 0.25) is 0 Å². The Balaban J connectivity index is 1.53. The highest BCUT2D eigenvalue weighted by atomic mass is 16.2. The van der Waals surface area contributed by atoms with Crippen molar-refractivity contribution in [2.45, 2.75) is 38.5 Å². The summed E-state index contributed by atoms with van der Waals surface area (Å²) in [5.41, 5.74) is 7.12. The van der Waals surface area contributed by atoms with Crippen LogP contribution in [0.15, 0.2) is 29.9 Å². The third-order valence-corrected chi connectivity index (χ3v) is 4.79. The molecule has 0 atom stereocenters. The Morgan fingerprint density at radius 1 is 1.33 bits per heavy atom. The topological polar surface area (TPSA) is 29.1 Å². The maximum atomic E-state index is 11.7. The average molecular weight is 278 g/mol. The molecule has 1 radical (unpaired) electrons. The molecule has 0 aliphatic heterocycles. The van der Waals surface area contributed by atoms with Crippen LogP contribution in [0.3, 0.4) is 0 Å². The number of carbonyl (C=O) groups excluding carboxylic acids is 1. The van der Waals surface area contributed by atoms with Gasteiger partial charge in [-0.2, -0.15) is 0 Å². The van der Waals surface area contributed by atoms with Gasteiger partial charge < -0.3 is 5.32 Å². The van der Waals surface area contributed by atoms with Crippen molar-refractivity contribution in [1.29, 1.82) is 0 Å². The number of rotatable bonds is 4. The average Bonchev–Trinajstić information content (AvgIpc) is 3.35. The molecular formula is C19H20NO. The minimum absolute atomic E-state index is 0.255. The zero-order valence-corrected chi connectivity index (χ0v) is 12.2. The van der Waals surface area contributed by atoms with Gasteiger partial charge in [0.1, 0.15) is 0 Å². The lowest BCUT2D eigenvalue weighted by Crippen LogP contribution is -2.26. The second kappa shape index (κ2) is 5.18. The predicted molar refractivity (Wildman–Crippen MR) is 83.7 cm³/mol. The van der Waals surface area contributed by atoms with Gasteiger partial charge in [-0.05, 0) is 66.9 Å². The summed E-state index contributed by atoms with van der Waals surface area (Å²) in [7, 11) is 0. The van der Waals surface area contributed by atoms with Crippen LogP contribution in [0.5, 0.6) is 0 Å². The minimum atomic E-state index is 0.255. The number of carbonyl (C=O) groups is 1. The minimum Gasteiger partial charge on any atom is -0.356 e. The Morgan fingerprint density at radius 2 is 2.24 bits per heavy atom. The molecule has 0 aromatic heterocycles. The van der Waals surface area contributed by atoms with E-state index in [1.54, 1.807) is 0 Å². The van der Waals surface area contributed by atoms with Gasteiger partial charge >= 0.3 is 0 Å². The number of hydrogen-bond acceptors (Lipinski definition) is 1. The summed E-state index contributed by atoms with van der Waals surface area (Å²) >= 11 is 0. The van der Waals surface area contributed by atoms with Crippen LogP contribution in [0.1, 0.15) is 42.4 Å². The van der Waals surface area contributed by atoms with Crippen LogP contribution >= 0.6 is 0 Å². The molecule has 0 spiro atoms. The van der Waals surface area contributed by atoms with Gasteiger partial charge in [-0.25, -0.2) is 0 Å². The molecule has 21 heavy (non-hydrogen) atoms. The van der Waals surface area contributed by atoms with Gasteiger partial charge in [0.25, 0.3) is 0 Å². The molecule has 1 fully saturated rings. The lowest BCUT2D eigenvalue weighted by molar-refractivity contribution is -0.122. The van der Waals surface area contributed by atoms with Gasteiger partial charge in [0, 0.05) is 12.5 Å². The van der Waals surface area contributed by atoms with E-state index in [9.17, 15) is 4.79 Å². The quantitative estimate of drug-likeness (QED) is 0.900. The van der Waals surface area contributed by atoms with Crippen LogP contribution < -0.4 is 5.32 Å². The largest absolute Gasteiger partial charge is 0.356 e. The number of allylic oxidation sites excluding steroid dienone is 3. The van der Waals surface area contributed by atoms with Gasteiger partial charge in [-0.1, -0.05) is 29.9 Å². The molecule has 0 saturated heterocycles. The first-order valence-electron chi connectivity index (χ1n) is 8.02. The number of amides is 1. The fourth-order valence-electron chi connectivity index (χ4n) is 3.47. The van der Waals surface area contributed by atoms with E-state index in [0.717, 1.165) is 45.1 Å². The molecule has 0 bridgehead atoms. The lowest BCUT2D eigenvalue weighted by atomic mass is 9.79. The summed E-state index contributed by atoms with van der Waals surface area (Å²) in [6.45, 7) is 0.781. The molecule has 107 valence electrons. The van der Waals surface area contributed by atoms with Gasteiger partial charge in [-0.3, -0.25) is 4.79 Å². The second-order valence-electron chi connectivity index (χ2n) is 6.30. The van der Waals surface area contributed by atoms with E-state index in [2.05, 4.69) is 35.7 Å². The van der Waals surface area contributed by atoms with Crippen LogP contribution in [-0.2, 0) is 17.6 Å². The smallest absolute Gasteiger partial charge is 0.223 e. The van der Waals surface area contributed by atoms with Crippen molar-refractivity contribution in [3.63, 3.8) is 0 Å². The summed E-state index contributed by atoms with van der Waals surface area (Å²) in [6.07, 6.45) is 10.9. The molecule has 1 aromatic rings. The highest BCUT2D eigenvalue weighted by Crippen LogP contribution is 2.38. The molecule has 1 amide bonds. The molecule has 0 heterocycles. The molecule has 2 nitrogen and oxygen atoms in total. The Morgan fingerprint density at radius 3 is 3.10 bits per heavy atom. The third-order valence-electron chi connectivity index (χ3n) is 4.79. The molecular weight excluding hydrogens is 258 g/mol. The van der Waals surface area contributed by atoms with E-state index in [1.165, 1.54) is 27.8 Å². The van der Waals surface area contributed by atoms with Crippen molar-refractivity contribution in [3.8, 4) is 0 Å². The van der Waals surface area contributed by atoms with Crippen molar-refractivity contribution in [2.24, 2.45) is 5.92 Å². The van der Waals surface area contributed by atoms with Crippen molar-refractivity contribution in [3.05, 3.63) is 52.6 Å². The standard InChI is InChI=1S/C19H20NO/c21-19(16-9-10-16)20-12-11-13-7-8-15-4-1-3-14-5-2-6-17(13)18(14)15/h1-3,6,16H,5,7-12H2,(H,20,21). The maximum absolute atomic E-state index is 11.7. The van der Waals surface area contributed by atoms with Crippen LogP contribution in [0, 0.1) is 12.0 Å². The number of aryl methyl sites for hydroxylation is 1. The van der Waals surface area contributed by atoms with Crippen molar-refractivity contribution in [2.75, 3.05) is 6.54 Å². The zero-order valence-electron chi connectivity index (χ0n) is 12.2. The summed E-state index contributed by atoms with van der Waals surface area (Å²) in [5, 5.41) is 3.09. The van der Waals surface area contributed by atoms with E-state index in [0.29, 0.717) is 5.92 Å². The summed E-state index contributed by atoms with van der Waals surface area (Å²) < 4.78 is 0. The van der Waals surface area contributed by atoms with Crippen molar-refractivity contribution < 1.29 is 4.79 Å². The number of nitrogens with one attached hydrogen (secondary N) is 1. The molecule has 1 saturated carbocycles. The van der Waals surface area contributed by atoms with E-state index in [-0.39, 0.29) is 5.91 Å². The van der Waals surface area contributed by atoms with Crippen molar-refractivity contribution >= 4 is 11.5 Å². The van der Waals surface area contributed by atoms with Gasteiger partial charge in [-0.15, -0.1) is 0 Å². The number of benzene rings is 1. The van der Waals surface area contributed by atoms with E-state index in [1.807, 2.05) is 0 Å². The molecule has 3 aliphatic rings. The molecule has 0 unspecified atom stereocenters. The Labute approximate surface area is 125 Å². The zero-order chi connectivity index (χ0) is 14.2. The van der Waals surface area contributed by atoms with Crippen LogP contribution in [0.25, 0.3) is 5.57 Å². The highest BCUT2D eigenvalue weighted by Gasteiger charge is 2.29. The Kier molecular flexibility index (Phi) is 3.17. The third kappa shape index (κ3) is 2.44. The molecule has 3 aliphatic carbocycles. The molecule has 2 heteroatoms. The summed E-state index contributed by atoms with van der Waals surface area (Å²) in [6, 6.07) is 7.66. The van der Waals surface area contributed by atoms with Gasteiger partial charge in [0.15, 0.2) is 0 Å². The first-order chi connectivity index (χ1) is 10.3. The van der Waals surface area contributed by atoms with E-state index >= 15 is 0 Å². The van der Waals surface area contributed by atoms with Gasteiger partial charge in [0.2, 0.25) is 5.91 Å². The normalized spacial score (nSPS) is 19.4. The van der Waals surface area contributed by atoms with Crippen LogP contribution in [-0.4, -0.2) is 12.5 Å². The molecule has 1 N–H and O–H groups in total. The summed E-state index contributed by atoms with van der Waals surface area (Å²) in [5.74, 6) is 0.565. The van der Waals surface area contributed by atoms with Gasteiger partial charge in [0.05, 0.1) is 0 Å². The van der Waals surface area contributed by atoms with Crippen molar-refractivity contribution in [1.82, 2.24) is 5.32 Å². The first kappa shape index (κ1) is 12.9. The Bertz CT molecular complexity index is 650. The summed E-state index contributed by atoms with van der Waals surface area (Å²) in [4.78, 5) is 11.7. The Hall–Kier alpha value is -1.83. The predicted octanol–water partition coefficient (Wildman–Crippen LogP) is 3.22. The van der Waals surface area contributed by atoms with E-state index < -0.39 is 0 Å². The fourth-order valence-corrected chi connectivity index (χ4v) is 3.47. The number of hydrogen-bond donors (Lipinski definition) is 1. The lowest BCUT2D eigenvalue weighted by Gasteiger charge is -2.26. The highest BCUT2D eigenvalue weighted by molar-refractivity contribution is 5.84. The monoisotopic (exact) mass is 278 g/mol. The fraction of sp³-hybridized carbons (Fsp3) is 0.421. The van der Waals surface area contributed by atoms with E-state index in [4.69, 9.17) is 0 Å². The first-order valence-corrected chi connectivity index (χ1v) is 8.02. The SMILES string of the molecule is O=C(NCCC1=C2C=CCc3cc[c]c(c32)CC1)C1CC1. The molecule has 1 aromatic carbocycles. The maximum Gasteiger partial charge on any atom is 0.223 e.